The zero-order valence-electron chi connectivity index (χ0n) is 18.3. The fourth-order valence-electron chi connectivity index (χ4n) is 3.24. The van der Waals surface area contributed by atoms with Crippen LogP contribution >= 0.6 is 0 Å². The van der Waals surface area contributed by atoms with Crippen LogP contribution in [0.2, 0.25) is 0 Å². The predicted molar refractivity (Wildman–Crippen MR) is 115 cm³/mol. The zero-order valence-corrected chi connectivity index (χ0v) is 18.3. The maximum absolute atomic E-state index is 13.7. The Bertz CT molecular complexity index is 977. The van der Waals surface area contributed by atoms with Crippen molar-refractivity contribution in [1.29, 1.82) is 0 Å². The molecule has 0 saturated carbocycles. The molecule has 1 aromatic heterocycles. The molecule has 2 heterocycles. The first-order valence-electron chi connectivity index (χ1n) is 10.1. The third-order valence-electron chi connectivity index (χ3n) is 4.70. The Morgan fingerprint density at radius 1 is 1.31 bits per heavy atom. The Balaban J connectivity index is 1.80. The molecule has 2 atom stereocenters. The molecule has 0 bridgehead atoms. The predicted octanol–water partition coefficient (Wildman–Crippen LogP) is 4.05. The monoisotopic (exact) mass is 448 g/mol. The van der Waals surface area contributed by atoms with Crippen LogP contribution in [0, 0.1) is 0 Å². The number of alkyl halides is 2. The van der Waals surface area contributed by atoms with Gasteiger partial charge in [-0.1, -0.05) is 12.1 Å². The number of benzene rings is 1. The van der Waals surface area contributed by atoms with E-state index in [2.05, 4.69) is 15.6 Å². The number of ether oxygens (including phenoxy) is 2. The van der Waals surface area contributed by atoms with Crippen molar-refractivity contribution in [1.82, 2.24) is 10.3 Å². The summed E-state index contributed by atoms with van der Waals surface area (Å²) in [7, 11) is 1.49. The first-order valence-corrected chi connectivity index (χ1v) is 10.1. The van der Waals surface area contributed by atoms with E-state index >= 15 is 0 Å². The molecule has 2 N–H and O–H groups in total. The number of carbonyl (C=O) groups excluding carboxylic acids is 2. The number of rotatable bonds is 7. The van der Waals surface area contributed by atoms with Gasteiger partial charge in [-0.3, -0.25) is 9.69 Å². The minimum atomic E-state index is -1.82. The third-order valence-corrected chi connectivity index (χ3v) is 4.70. The van der Waals surface area contributed by atoms with E-state index in [9.17, 15) is 18.4 Å². The van der Waals surface area contributed by atoms with Gasteiger partial charge in [0, 0.05) is 32.7 Å². The topological polar surface area (TPSA) is 92.8 Å². The average molecular weight is 448 g/mol. The Kier molecular flexibility index (Phi) is 6.93. The lowest BCUT2D eigenvalue weighted by Crippen LogP contribution is -2.49. The Morgan fingerprint density at radius 3 is 2.59 bits per heavy atom. The minimum absolute atomic E-state index is 0.152. The lowest BCUT2D eigenvalue weighted by atomic mass is 10.1. The van der Waals surface area contributed by atoms with Gasteiger partial charge < -0.3 is 20.1 Å². The van der Waals surface area contributed by atoms with Gasteiger partial charge in [0.2, 0.25) is 11.8 Å². The van der Waals surface area contributed by atoms with Crippen LogP contribution < -0.4 is 20.3 Å². The highest BCUT2D eigenvalue weighted by atomic mass is 19.2. The molecule has 1 aromatic carbocycles. The van der Waals surface area contributed by atoms with E-state index in [1.807, 2.05) is 0 Å². The maximum atomic E-state index is 13.7. The summed E-state index contributed by atoms with van der Waals surface area (Å²) in [5.41, 5.74) is 1.25. The van der Waals surface area contributed by atoms with Crippen LogP contribution in [0.5, 0.6) is 5.75 Å². The highest BCUT2D eigenvalue weighted by Crippen LogP contribution is 2.31. The van der Waals surface area contributed by atoms with Crippen LogP contribution in [0.15, 0.2) is 36.5 Å². The van der Waals surface area contributed by atoms with Crippen molar-refractivity contribution in [2.45, 2.75) is 38.8 Å². The fraction of sp³-hybridized carbons (Fsp3) is 0.409. The van der Waals surface area contributed by atoms with Crippen LogP contribution in [-0.2, 0) is 9.53 Å². The van der Waals surface area contributed by atoms with E-state index in [4.69, 9.17) is 9.47 Å². The summed E-state index contributed by atoms with van der Waals surface area (Å²) < 4.78 is 37.7. The molecule has 3 amide bonds. The number of hydrogen-bond donors (Lipinski definition) is 2. The Morgan fingerprint density at radius 2 is 2.00 bits per heavy atom. The van der Waals surface area contributed by atoms with Crippen molar-refractivity contribution in [2.75, 3.05) is 30.5 Å². The fourth-order valence-corrected chi connectivity index (χ4v) is 3.24. The van der Waals surface area contributed by atoms with E-state index < -0.39 is 30.0 Å². The molecule has 0 aliphatic carbocycles. The van der Waals surface area contributed by atoms with Gasteiger partial charge >= 0.3 is 6.03 Å². The number of aromatic nitrogens is 1. The van der Waals surface area contributed by atoms with E-state index in [1.54, 1.807) is 24.3 Å². The number of amides is 3. The molecule has 172 valence electrons. The summed E-state index contributed by atoms with van der Waals surface area (Å²) in [5, 5.41) is 5.44. The molecule has 32 heavy (non-hydrogen) atoms. The number of nitrogens with one attached hydrogen (secondary N) is 2. The second-order valence-electron chi connectivity index (χ2n) is 7.88. The standard InChI is InChI=1S/C22H26F2N4O4/c1-13(23)15-9-17-20(25-10-15)28(11-19(29)26-17)21(30)27-18(12-31-4)14-5-7-16(8-6-14)32-22(2,3)24/h5-10,13,18H,11-12H2,1-4H3,(H,26,29)(H,27,30). The molecular weight excluding hydrogens is 422 g/mol. The lowest BCUT2D eigenvalue weighted by Gasteiger charge is -2.30. The van der Waals surface area contributed by atoms with Gasteiger partial charge in [0.05, 0.1) is 18.3 Å². The largest absolute Gasteiger partial charge is 0.459 e. The molecule has 2 unspecified atom stereocenters. The van der Waals surface area contributed by atoms with Crippen LogP contribution in [0.25, 0.3) is 0 Å². The van der Waals surface area contributed by atoms with Crippen LogP contribution in [0.1, 0.15) is 44.1 Å². The number of urea groups is 1. The number of carbonyl (C=O) groups is 2. The highest BCUT2D eigenvalue weighted by molar-refractivity contribution is 6.08. The van der Waals surface area contributed by atoms with Crippen molar-refractivity contribution in [3.8, 4) is 5.75 Å². The number of halogens is 2. The number of pyridine rings is 1. The molecule has 0 saturated heterocycles. The number of methoxy groups -OCH3 is 1. The lowest BCUT2D eigenvalue weighted by molar-refractivity contribution is -0.115. The summed E-state index contributed by atoms with van der Waals surface area (Å²) in [6, 6.07) is 6.90. The summed E-state index contributed by atoms with van der Waals surface area (Å²) in [6.07, 6.45) is 0.0637. The van der Waals surface area contributed by atoms with Crippen LogP contribution in [-0.4, -0.2) is 43.0 Å². The molecule has 0 radical (unpaired) electrons. The van der Waals surface area contributed by atoms with Crippen LogP contribution in [0.3, 0.4) is 0 Å². The van der Waals surface area contributed by atoms with Crippen molar-refractivity contribution in [3.05, 3.63) is 47.7 Å². The maximum Gasteiger partial charge on any atom is 0.324 e. The van der Waals surface area contributed by atoms with Gasteiger partial charge in [0.1, 0.15) is 18.5 Å². The van der Waals surface area contributed by atoms with Gasteiger partial charge in [-0.15, -0.1) is 0 Å². The molecule has 3 rings (SSSR count). The normalized spacial score (nSPS) is 15.4. The van der Waals surface area contributed by atoms with Gasteiger partial charge in [-0.2, -0.15) is 4.39 Å². The van der Waals surface area contributed by atoms with Gasteiger partial charge in [-0.05, 0) is 30.7 Å². The second-order valence-corrected chi connectivity index (χ2v) is 7.88. The van der Waals surface area contributed by atoms with E-state index in [0.717, 1.165) is 0 Å². The SMILES string of the molecule is COCC(NC(=O)N1CC(=O)Nc2cc(C(C)F)cnc21)c1ccc(OC(C)(C)F)cc1. The summed E-state index contributed by atoms with van der Waals surface area (Å²) in [6.45, 7) is 3.87. The first-order chi connectivity index (χ1) is 15.1. The van der Waals surface area contributed by atoms with Crippen LogP contribution in [0.4, 0.5) is 25.1 Å². The molecule has 0 fully saturated rings. The molecule has 1 aliphatic rings. The number of fused-ring (bicyclic) bond motifs is 1. The molecule has 0 spiro atoms. The van der Waals surface area contributed by atoms with E-state index in [-0.39, 0.29) is 24.7 Å². The quantitative estimate of drug-likeness (QED) is 0.667. The van der Waals surface area contributed by atoms with Crippen molar-refractivity contribution >= 4 is 23.4 Å². The van der Waals surface area contributed by atoms with Gasteiger partial charge in [0.15, 0.2) is 5.82 Å². The number of hydrogen-bond acceptors (Lipinski definition) is 5. The van der Waals surface area contributed by atoms with Crippen molar-refractivity contribution in [3.63, 3.8) is 0 Å². The second kappa shape index (κ2) is 9.47. The minimum Gasteiger partial charge on any atom is -0.459 e. The highest BCUT2D eigenvalue weighted by Gasteiger charge is 2.30. The van der Waals surface area contributed by atoms with Gasteiger partial charge in [0.25, 0.3) is 0 Å². The smallest absolute Gasteiger partial charge is 0.324 e. The molecule has 10 heteroatoms. The number of anilines is 2. The first kappa shape index (κ1) is 23.4. The van der Waals surface area contributed by atoms with Crippen molar-refractivity contribution < 1.29 is 27.8 Å². The summed E-state index contributed by atoms with van der Waals surface area (Å²) in [4.78, 5) is 30.5. The average Bonchev–Trinajstić information content (AvgIpc) is 2.71. The third kappa shape index (κ3) is 5.70. The summed E-state index contributed by atoms with van der Waals surface area (Å²) in [5.74, 6) is -1.68. The Hall–Kier alpha value is -3.27. The van der Waals surface area contributed by atoms with E-state index in [1.165, 1.54) is 45.0 Å². The summed E-state index contributed by atoms with van der Waals surface area (Å²) >= 11 is 0. The molecule has 1 aliphatic heterocycles. The zero-order chi connectivity index (χ0) is 23.5. The molecule has 8 nitrogen and oxygen atoms in total. The Labute approximate surface area is 184 Å². The number of nitrogens with zero attached hydrogens (tertiary/aromatic N) is 2. The molecular formula is C22H26F2N4O4. The molecule has 2 aromatic rings. The van der Waals surface area contributed by atoms with Crippen molar-refractivity contribution in [2.24, 2.45) is 0 Å². The van der Waals surface area contributed by atoms with Gasteiger partial charge in [-0.25, -0.2) is 14.2 Å². The van der Waals surface area contributed by atoms with E-state index in [0.29, 0.717) is 16.9 Å².